The van der Waals surface area contributed by atoms with Gasteiger partial charge in [0.25, 0.3) is 0 Å². The summed E-state index contributed by atoms with van der Waals surface area (Å²) in [6, 6.07) is 15.8. The highest BCUT2D eigenvalue weighted by atomic mass is 35.5. The van der Waals surface area contributed by atoms with Crippen LogP contribution >= 0.6 is 11.6 Å². The molecule has 0 heterocycles. The Morgan fingerprint density at radius 3 is 2.55 bits per heavy atom. The van der Waals surface area contributed by atoms with E-state index in [4.69, 9.17) is 22.2 Å². The van der Waals surface area contributed by atoms with Crippen LogP contribution in [0.4, 0.5) is 0 Å². The van der Waals surface area contributed by atoms with Gasteiger partial charge < -0.3 is 4.74 Å². The van der Waals surface area contributed by atoms with Crippen LogP contribution in [0.5, 0.6) is 5.75 Å². The van der Waals surface area contributed by atoms with Crippen molar-refractivity contribution in [1.29, 1.82) is 0 Å². The van der Waals surface area contributed by atoms with Crippen molar-refractivity contribution in [1.82, 2.24) is 5.43 Å². The van der Waals surface area contributed by atoms with Crippen molar-refractivity contribution in [2.75, 3.05) is 6.61 Å². The molecule has 0 amide bonds. The highest BCUT2D eigenvalue weighted by Crippen LogP contribution is 2.22. The van der Waals surface area contributed by atoms with Crippen LogP contribution in [0.15, 0.2) is 48.5 Å². The van der Waals surface area contributed by atoms with Gasteiger partial charge in [-0.3, -0.25) is 11.3 Å². The Morgan fingerprint density at radius 2 is 1.95 bits per heavy atom. The number of hydrogen-bond donors (Lipinski definition) is 2. The van der Waals surface area contributed by atoms with Gasteiger partial charge in [-0.15, -0.1) is 0 Å². The molecule has 4 heteroatoms. The summed E-state index contributed by atoms with van der Waals surface area (Å²) in [6.45, 7) is 2.64. The van der Waals surface area contributed by atoms with E-state index in [2.05, 4.69) is 5.43 Å². The fourth-order valence-corrected chi connectivity index (χ4v) is 2.35. The maximum absolute atomic E-state index is 6.00. The molecule has 20 heavy (non-hydrogen) atoms. The second-order valence-electron chi connectivity index (χ2n) is 4.56. The predicted octanol–water partition coefficient (Wildman–Crippen LogP) is 3.49. The molecule has 3 nitrogen and oxygen atoms in total. The Hall–Kier alpha value is -1.55. The van der Waals surface area contributed by atoms with E-state index in [1.807, 2.05) is 55.5 Å². The van der Waals surface area contributed by atoms with Gasteiger partial charge in [0.2, 0.25) is 0 Å². The number of rotatable bonds is 6. The Morgan fingerprint density at radius 1 is 1.20 bits per heavy atom. The van der Waals surface area contributed by atoms with E-state index in [1.54, 1.807) is 0 Å². The van der Waals surface area contributed by atoms with Crippen LogP contribution in [0.2, 0.25) is 5.02 Å². The Bertz CT molecular complexity index is 542. The number of halogens is 1. The number of benzene rings is 2. The van der Waals surface area contributed by atoms with E-state index < -0.39 is 0 Å². The Labute approximate surface area is 124 Å². The quantitative estimate of drug-likeness (QED) is 0.632. The summed E-state index contributed by atoms with van der Waals surface area (Å²) in [5, 5.41) is 0.741. The van der Waals surface area contributed by atoms with Gasteiger partial charge in [0.1, 0.15) is 5.75 Å². The second-order valence-corrected chi connectivity index (χ2v) is 4.99. The van der Waals surface area contributed by atoms with Gasteiger partial charge in [0.15, 0.2) is 0 Å². The summed E-state index contributed by atoms with van der Waals surface area (Å²) in [7, 11) is 0. The summed E-state index contributed by atoms with van der Waals surface area (Å²) in [6.07, 6.45) is 0.783. The largest absolute Gasteiger partial charge is 0.494 e. The number of hydrazine groups is 1. The smallest absolute Gasteiger partial charge is 0.119 e. The van der Waals surface area contributed by atoms with Gasteiger partial charge in [-0.25, -0.2) is 0 Å². The van der Waals surface area contributed by atoms with E-state index in [0.29, 0.717) is 6.61 Å². The van der Waals surface area contributed by atoms with Crippen LogP contribution in [-0.4, -0.2) is 6.61 Å². The zero-order valence-electron chi connectivity index (χ0n) is 11.5. The molecule has 3 N–H and O–H groups in total. The first-order valence-corrected chi connectivity index (χ1v) is 7.04. The maximum Gasteiger partial charge on any atom is 0.119 e. The van der Waals surface area contributed by atoms with Gasteiger partial charge in [0, 0.05) is 11.1 Å². The van der Waals surface area contributed by atoms with Gasteiger partial charge in [-0.2, -0.15) is 0 Å². The molecule has 0 aliphatic carbocycles. The SMILES string of the molecule is CCOc1ccc(C(Cc2cccc(Cl)c2)NN)cc1. The molecule has 0 radical (unpaired) electrons. The zero-order chi connectivity index (χ0) is 14.4. The van der Waals surface area contributed by atoms with Crippen molar-refractivity contribution in [2.45, 2.75) is 19.4 Å². The summed E-state index contributed by atoms with van der Waals surface area (Å²) < 4.78 is 5.44. The fraction of sp³-hybridized carbons (Fsp3) is 0.250. The molecule has 2 aromatic rings. The maximum atomic E-state index is 6.00. The van der Waals surface area contributed by atoms with Gasteiger partial charge in [-0.05, 0) is 48.7 Å². The van der Waals surface area contributed by atoms with Crippen LogP contribution in [0.1, 0.15) is 24.1 Å². The molecule has 106 valence electrons. The van der Waals surface area contributed by atoms with Crippen LogP contribution < -0.4 is 16.0 Å². The average molecular weight is 291 g/mol. The Balaban J connectivity index is 2.11. The lowest BCUT2D eigenvalue weighted by molar-refractivity contribution is 0.340. The molecule has 0 saturated heterocycles. The average Bonchev–Trinajstić information content (AvgIpc) is 2.46. The molecule has 2 aromatic carbocycles. The molecule has 1 unspecified atom stereocenters. The molecule has 0 spiro atoms. The molecule has 0 aliphatic heterocycles. The molecule has 2 rings (SSSR count). The highest BCUT2D eigenvalue weighted by molar-refractivity contribution is 6.30. The lowest BCUT2D eigenvalue weighted by Crippen LogP contribution is -2.29. The molecule has 0 saturated carbocycles. The topological polar surface area (TPSA) is 47.3 Å². The van der Waals surface area contributed by atoms with Crippen molar-refractivity contribution in [3.8, 4) is 5.75 Å². The summed E-state index contributed by atoms with van der Waals surface area (Å²) in [4.78, 5) is 0. The van der Waals surface area contributed by atoms with Gasteiger partial charge in [0.05, 0.1) is 6.61 Å². The lowest BCUT2D eigenvalue weighted by atomic mass is 9.99. The number of nitrogens with one attached hydrogen (secondary N) is 1. The molecule has 1 atom stereocenters. The van der Waals surface area contributed by atoms with E-state index in [-0.39, 0.29) is 6.04 Å². The molecular weight excluding hydrogens is 272 g/mol. The second kappa shape index (κ2) is 7.29. The third-order valence-corrected chi connectivity index (χ3v) is 3.36. The summed E-state index contributed by atoms with van der Waals surface area (Å²) >= 11 is 6.00. The molecule has 0 bridgehead atoms. The lowest BCUT2D eigenvalue weighted by Gasteiger charge is -2.17. The first-order chi connectivity index (χ1) is 9.72. The third kappa shape index (κ3) is 3.97. The number of hydrogen-bond acceptors (Lipinski definition) is 3. The minimum atomic E-state index is 0.0455. The van der Waals surface area contributed by atoms with Crippen molar-refractivity contribution in [3.63, 3.8) is 0 Å². The van der Waals surface area contributed by atoms with Crippen molar-refractivity contribution < 1.29 is 4.74 Å². The number of nitrogens with two attached hydrogens (primary N) is 1. The highest BCUT2D eigenvalue weighted by Gasteiger charge is 2.11. The third-order valence-electron chi connectivity index (χ3n) is 3.12. The monoisotopic (exact) mass is 290 g/mol. The molecular formula is C16H19ClN2O. The first kappa shape index (κ1) is 14.9. The summed E-state index contributed by atoms with van der Waals surface area (Å²) in [5.41, 5.74) is 5.12. The molecule has 0 fully saturated rings. The Kier molecular flexibility index (Phi) is 5.41. The fourth-order valence-electron chi connectivity index (χ4n) is 2.14. The van der Waals surface area contributed by atoms with Crippen molar-refractivity contribution in [2.24, 2.45) is 5.84 Å². The molecule has 0 aliphatic rings. The van der Waals surface area contributed by atoms with Crippen LogP contribution in [0, 0.1) is 0 Å². The molecule has 0 aromatic heterocycles. The van der Waals surface area contributed by atoms with Crippen molar-refractivity contribution >= 4 is 11.6 Å². The number of ether oxygens (including phenoxy) is 1. The van der Waals surface area contributed by atoms with Gasteiger partial charge in [-0.1, -0.05) is 35.9 Å². The first-order valence-electron chi connectivity index (χ1n) is 6.66. The van der Waals surface area contributed by atoms with E-state index >= 15 is 0 Å². The summed E-state index contributed by atoms with van der Waals surface area (Å²) in [5.74, 6) is 6.54. The zero-order valence-corrected chi connectivity index (χ0v) is 12.2. The van der Waals surface area contributed by atoms with Crippen LogP contribution in [0.25, 0.3) is 0 Å². The minimum Gasteiger partial charge on any atom is -0.494 e. The standard InChI is InChI=1S/C16H19ClN2O/c1-2-20-15-8-6-13(7-9-15)16(19-18)11-12-4-3-5-14(17)10-12/h3-10,16,19H,2,11,18H2,1H3. The normalized spacial score (nSPS) is 12.2. The predicted molar refractivity (Wildman–Crippen MR) is 82.8 cm³/mol. The van der Waals surface area contributed by atoms with Gasteiger partial charge >= 0.3 is 0 Å². The van der Waals surface area contributed by atoms with Crippen LogP contribution in [-0.2, 0) is 6.42 Å². The van der Waals surface area contributed by atoms with E-state index in [0.717, 1.165) is 28.3 Å². The van der Waals surface area contributed by atoms with Crippen molar-refractivity contribution in [3.05, 3.63) is 64.7 Å². The van der Waals surface area contributed by atoms with Crippen LogP contribution in [0.3, 0.4) is 0 Å². The van der Waals surface area contributed by atoms with E-state index in [9.17, 15) is 0 Å². The minimum absolute atomic E-state index is 0.0455. The van der Waals surface area contributed by atoms with E-state index in [1.165, 1.54) is 0 Å².